The number of hydrogen-bond donors (Lipinski definition) is 1. The van der Waals surface area contributed by atoms with Gasteiger partial charge in [-0.2, -0.15) is 0 Å². The number of aromatic amines is 1. The van der Waals surface area contributed by atoms with Gasteiger partial charge in [0, 0.05) is 19.2 Å². The van der Waals surface area contributed by atoms with E-state index >= 15 is 0 Å². The summed E-state index contributed by atoms with van der Waals surface area (Å²) in [4.78, 5) is 21.0. The summed E-state index contributed by atoms with van der Waals surface area (Å²) >= 11 is 0. The maximum Gasteiger partial charge on any atom is 0.251 e. The molecule has 1 fully saturated rings. The molecular weight excluding hydrogens is 218 g/mol. The first-order chi connectivity index (χ1) is 8.06. The molecule has 0 saturated carbocycles. The van der Waals surface area contributed by atoms with Crippen LogP contribution in [0.3, 0.4) is 0 Å². The van der Waals surface area contributed by atoms with E-state index in [4.69, 9.17) is 4.74 Å². The molecule has 1 aliphatic heterocycles. The zero-order valence-corrected chi connectivity index (χ0v) is 10.6. The van der Waals surface area contributed by atoms with Gasteiger partial charge in [0.2, 0.25) is 0 Å². The van der Waals surface area contributed by atoms with Crippen LogP contribution in [0.2, 0.25) is 0 Å². The third-order valence-electron chi connectivity index (χ3n) is 2.95. The molecule has 2 rings (SSSR count). The van der Waals surface area contributed by atoms with Crippen molar-refractivity contribution in [3.63, 3.8) is 0 Å². The maximum atomic E-state index is 11.6. The van der Waals surface area contributed by atoms with E-state index in [1.807, 2.05) is 20.9 Å². The molecule has 5 nitrogen and oxygen atoms in total. The molecule has 94 valence electrons. The number of nitrogens with one attached hydrogen (secondary N) is 1. The van der Waals surface area contributed by atoms with Crippen LogP contribution in [0.25, 0.3) is 0 Å². The Labute approximate surface area is 101 Å². The van der Waals surface area contributed by atoms with Crippen molar-refractivity contribution in [2.24, 2.45) is 0 Å². The van der Waals surface area contributed by atoms with Gasteiger partial charge in [-0.3, -0.25) is 4.79 Å². The Kier molecular flexibility index (Phi) is 3.59. The normalized spacial score (nSPS) is 22.0. The van der Waals surface area contributed by atoms with Gasteiger partial charge in [0.05, 0.1) is 12.3 Å². The van der Waals surface area contributed by atoms with Crippen molar-refractivity contribution in [2.75, 3.05) is 26.7 Å². The lowest BCUT2D eigenvalue weighted by atomic mass is 10.1. The van der Waals surface area contributed by atoms with Crippen LogP contribution < -0.4 is 5.56 Å². The van der Waals surface area contributed by atoms with E-state index in [0.717, 1.165) is 18.8 Å². The molecule has 0 aromatic carbocycles. The van der Waals surface area contributed by atoms with Crippen molar-refractivity contribution < 1.29 is 4.74 Å². The zero-order valence-electron chi connectivity index (χ0n) is 10.6. The number of aromatic nitrogens is 2. The van der Waals surface area contributed by atoms with Crippen LogP contribution >= 0.6 is 0 Å². The topological polar surface area (TPSA) is 58.2 Å². The molecule has 1 unspecified atom stereocenters. The molecule has 2 heterocycles. The van der Waals surface area contributed by atoms with Gasteiger partial charge in [-0.05, 0) is 13.0 Å². The number of hydrogen-bond acceptors (Lipinski definition) is 4. The van der Waals surface area contributed by atoms with E-state index in [9.17, 15) is 4.79 Å². The Morgan fingerprint density at radius 2 is 2.35 bits per heavy atom. The lowest BCUT2D eigenvalue weighted by Crippen LogP contribution is -2.36. The molecule has 1 aliphatic rings. The summed E-state index contributed by atoms with van der Waals surface area (Å²) in [6.45, 7) is 6.42. The summed E-state index contributed by atoms with van der Waals surface area (Å²) in [5.41, 5.74) is 0.719. The van der Waals surface area contributed by atoms with Crippen LogP contribution in [-0.2, 0) is 4.74 Å². The number of likely N-dealkylation sites (N-methyl/N-ethyl adjacent to an activating group) is 1. The molecule has 1 N–H and O–H groups in total. The highest BCUT2D eigenvalue weighted by Crippen LogP contribution is 2.18. The summed E-state index contributed by atoms with van der Waals surface area (Å²) in [7, 11) is 2.04. The average molecular weight is 237 g/mol. The Morgan fingerprint density at radius 1 is 1.59 bits per heavy atom. The third kappa shape index (κ3) is 2.92. The fraction of sp³-hybridized carbons (Fsp3) is 0.667. The first-order valence-electron chi connectivity index (χ1n) is 5.97. The standard InChI is InChI=1S/C12H19N3O2/c1-8(2)9-6-11(16)14-12(13-9)10-7-15(3)4-5-17-10/h6,8,10H,4-5,7H2,1-3H3,(H,13,14,16). The molecule has 1 aromatic rings. The van der Waals surface area contributed by atoms with Crippen molar-refractivity contribution in [3.05, 3.63) is 27.9 Å². The van der Waals surface area contributed by atoms with E-state index in [1.54, 1.807) is 6.07 Å². The predicted molar refractivity (Wildman–Crippen MR) is 65.1 cm³/mol. The van der Waals surface area contributed by atoms with Crippen LogP contribution in [-0.4, -0.2) is 41.6 Å². The summed E-state index contributed by atoms with van der Waals surface area (Å²) in [5, 5.41) is 0. The fourth-order valence-corrected chi connectivity index (χ4v) is 1.89. The second-order valence-corrected chi connectivity index (χ2v) is 4.83. The summed E-state index contributed by atoms with van der Waals surface area (Å²) in [6, 6.07) is 1.56. The minimum atomic E-state index is -0.125. The Balaban J connectivity index is 2.28. The minimum Gasteiger partial charge on any atom is -0.368 e. The third-order valence-corrected chi connectivity index (χ3v) is 2.95. The zero-order chi connectivity index (χ0) is 12.4. The van der Waals surface area contributed by atoms with Crippen molar-refractivity contribution in [1.29, 1.82) is 0 Å². The highest BCUT2D eigenvalue weighted by atomic mass is 16.5. The number of rotatable bonds is 2. The van der Waals surface area contributed by atoms with Crippen LogP contribution in [0, 0.1) is 0 Å². The SMILES string of the molecule is CC(C)c1cc(=O)[nH]c(C2CN(C)CCO2)n1. The van der Waals surface area contributed by atoms with Crippen LogP contribution in [0.5, 0.6) is 0 Å². The van der Waals surface area contributed by atoms with E-state index in [2.05, 4.69) is 14.9 Å². The van der Waals surface area contributed by atoms with Crippen LogP contribution in [0.4, 0.5) is 0 Å². The second kappa shape index (κ2) is 4.98. The van der Waals surface area contributed by atoms with Crippen molar-refractivity contribution in [2.45, 2.75) is 25.9 Å². The fourth-order valence-electron chi connectivity index (χ4n) is 1.89. The lowest BCUT2D eigenvalue weighted by Gasteiger charge is -2.29. The van der Waals surface area contributed by atoms with Gasteiger partial charge in [0.25, 0.3) is 5.56 Å². The van der Waals surface area contributed by atoms with Gasteiger partial charge in [0.15, 0.2) is 0 Å². The number of nitrogens with zero attached hydrogens (tertiary/aromatic N) is 2. The van der Waals surface area contributed by atoms with E-state index in [1.165, 1.54) is 0 Å². The van der Waals surface area contributed by atoms with E-state index in [-0.39, 0.29) is 17.6 Å². The van der Waals surface area contributed by atoms with E-state index < -0.39 is 0 Å². The van der Waals surface area contributed by atoms with Gasteiger partial charge in [0.1, 0.15) is 11.9 Å². The molecule has 0 radical (unpaired) electrons. The Bertz CT molecular complexity index is 442. The molecular formula is C12H19N3O2. The van der Waals surface area contributed by atoms with Gasteiger partial charge in [-0.1, -0.05) is 13.8 Å². The van der Waals surface area contributed by atoms with Gasteiger partial charge in [-0.25, -0.2) is 4.98 Å². The quantitative estimate of drug-likeness (QED) is 0.830. The monoisotopic (exact) mass is 237 g/mol. The largest absolute Gasteiger partial charge is 0.368 e. The maximum absolute atomic E-state index is 11.6. The molecule has 0 amide bonds. The van der Waals surface area contributed by atoms with Crippen LogP contribution in [0.1, 0.15) is 37.4 Å². The van der Waals surface area contributed by atoms with Crippen molar-refractivity contribution >= 4 is 0 Å². The lowest BCUT2D eigenvalue weighted by molar-refractivity contribution is -0.0257. The van der Waals surface area contributed by atoms with Crippen molar-refractivity contribution in [1.82, 2.24) is 14.9 Å². The molecule has 17 heavy (non-hydrogen) atoms. The first kappa shape index (κ1) is 12.3. The molecule has 1 saturated heterocycles. The average Bonchev–Trinajstić information content (AvgIpc) is 2.28. The molecule has 5 heteroatoms. The first-order valence-corrected chi connectivity index (χ1v) is 5.97. The summed E-state index contributed by atoms with van der Waals surface area (Å²) < 4.78 is 5.65. The van der Waals surface area contributed by atoms with Crippen LogP contribution in [0.15, 0.2) is 10.9 Å². The van der Waals surface area contributed by atoms with E-state index in [0.29, 0.717) is 12.4 Å². The summed E-state index contributed by atoms with van der Waals surface area (Å²) in [5.74, 6) is 0.894. The highest BCUT2D eigenvalue weighted by Gasteiger charge is 2.22. The minimum absolute atomic E-state index is 0.101. The Morgan fingerprint density at radius 3 is 3.00 bits per heavy atom. The molecule has 0 spiro atoms. The number of morpholine rings is 1. The summed E-state index contributed by atoms with van der Waals surface area (Å²) in [6.07, 6.45) is -0.125. The molecule has 0 aliphatic carbocycles. The van der Waals surface area contributed by atoms with Crippen molar-refractivity contribution in [3.8, 4) is 0 Å². The molecule has 0 bridgehead atoms. The number of ether oxygens (including phenoxy) is 1. The smallest absolute Gasteiger partial charge is 0.251 e. The molecule has 1 atom stereocenters. The molecule has 1 aromatic heterocycles. The second-order valence-electron chi connectivity index (χ2n) is 4.83. The predicted octanol–water partition coefficient (Wildman–Crippen LogP) is 0.896. The van der Waals surface area contributed by atoms with Gasteiger partial charge >= 0.3 is 0 Å². The Hall–Kier alpha value is -1.20. The highest BCUT2D eigenvalue weighted by molar-refractivity contribution is 5.08. The number of H-pyrrole nitrogens is 1. The van der Waals surface area contributed by atoms with Gasteiger partial charge < -0.3 is 14.6 Å². The van der Waals surface area contributed by atoms with Gasteiger partial charge in [-0.15, -0.1) is 0 Å².